The molecule has 0 aromatic heterocycles. The van der Waals surface area contributed by atoms with E-state index in [-0.39, 0.29) is 6.54 Å². The molecule has 0 saturated heterocycles. The minimum atomic E-state index is -3.13. The largest absolute Gasteiger partial charge is 0.490 e. The van der Waals surface area contributed by atoms with Crippen molar-refractivity contribution in [2.45, 2.75) is 77.3 Å². The minimum Gasteiger partial charge on any atom is -0.490 e. The highest BCUT2D eigenvalue weighted by Crippen LogP contribution is 2.46. The third kappa shape index (κ3) is 7.55. The van der Waals surface area contributed by atoms with E-state index in [1.54, 1.807) is 19.1 Å². The molecule has 0 aliphatic heterocycles. The topological polar surface area (TPSA) is 97.3 Å². The summed E-state index contributed by atoms with van der Waals surface area (Å²) < 4.78 is 44.9. The van der Waals surface area contributed by atoms with Gasteiger partial charge in [-0.3, -0.25) is 0 Å². The molecule has 1 atom stereocenters. The number of rotatable bonds is 15. The quantitative estimate of drug-likeness (QED) is 0.250. The Morgan fingerprint density at radius 3 is 2.05 bits per heavy atom. The van der Waals surface area contributed by atoms with Crippen LogP contribution in [0.25, 0.3) is 0 Å². The van der Waals surface area contributed by atoms with Crippen LogP contribution in [0, 0.1) is 0 Å². The maximum atomic E-state index is 13.7. The van der Waals surface area contributed by atoms with Gasteiger partial charge in [0.15, 0.2) is 17.0 Å². The highest BCUT2D eigenvalue weighted by atomic mass is 19.3. The number of ether oxygens (including phenoxy) is 3. The van der Waals surface area contributed by atoms with Gasteiger partial charge in [0.25, 0.3) is 5.92 Å². The van der Waals surface area contributed by atoms with Gasteiger partial charge in [-0.25, -0.2) is 18.4 Å². The molecule has 40 heavy (non-hydrogen) atoms. The summed E-state index contributed by atoms with van der Waals surface area (Å²) in [5.74, 6) is -3.22. The number of amides is 2. The fourth-order valence-corrected chi connectivity index (χ4v) is 4.96. The van der Waals surface area contributed by atoms with Gasteiger partial charge in [0.1, 0.15) is 0 Å². The van der Waals surface area contributed by atoms with E-state index in [4.69, 9.17) is 14.2 Å². The molecule has 8 nitrogen and oxygen atoms in total. The van der Waals surface area contributed by atoms with Crippen LogP contribution in [0.2, 0.25) is 0 Å². The lowest BCUT2D eigenvalue weighted by Crippen LogP contribution is -2.68. The molecule has 3 rings (SSSR count). The first-order valence-electron chi connectivity index (χ1n) is 13.9. The molecule has 1 fully saturated rings. The zero-order valence-corrected chi connectivity index (χ0v) is 23.7. The summed E-state index contributed by atoms with van der Waals surface area (Å²) in [4.78, 5) is 27.0. The Hall–Kier alpha value is -3.56. The maximum absolute atomic E-state index is 13.7. The molecule has 1 aliphatic carbocycles. The molecule has 2 aromatic carbocycles. The fourth-order valence-electron chi connectivity index (χ4n) is 4.96. The van der Waals surface area contributed by atoms with Crippen molar-refractivity contribution in [1.82, 2.24) is 10.2 Å². The standard InChI is InChI=1S/C30H40F2N2O6/c1-5-38-24-17-23(18-25(39-6-2)26(24)40-7-3)21(4)34(16-12-11-15-22-13-9-8-10-14-22)28(37)33-29(27(35)36)19-30(31,32)20-29/h8-10,13-14,17-18,21H,5-7,11-12,15-16,19-20H2,1-4H3,(H,33,37)(H,35,36). The molecular formula is C30H40F2N2O6. The fraction of sp³-hybridized carbons (Fsp3) is 0.533. The number of aliphatic carboxylic acids is 1. The molecule has 1 aliphatic rings. The van der Waals surface area contributed by atoms with E-state index in [1.165, 1.54) is 10.5 Å². The number of aryl methyl sites for hydroxylation is 1. The van der Waals surface area contributed by atoms with Gasteiger partial charge >= 0.3 is 12.0 Å². The number of hydrogen-bond acceptors (Lipinski definition) is 5. The van der Waals surface area contributed by atoms with Gasteiger partial charge in [0.05, 0.1) is 25.9 Å². The Morgan fingerprint density at radius 2 is 1.55 bits per heavy atom. The first-order chi connectivity index (χ1) is 19.1. The van der Waals surface area contributed by atoms with Crippen molar-refractivity contribution in [3.8, 4) is 17.2 Å². The number of hydrogen-bond donors (Lipinski definition) is 2. The first-order valence-corrected chi connectivity index (χ1v) is 13.9. The number of halogens is 2. The van der Waals surface area contributed by atoms with Crippen LogP contribution in [0.1, 0.15) is 70.5 Å². The highest BCUT2D eigenvalue weighted by Gasteiger charge is 2.62. The number of carboxylic acids is 1. The Kier molecular flexibility index (Phi) is 10.6. The van der Waals surface area contributed by atoms with Crippen LogP contribution in [0.15, 0.2) is 42.5 Å². The average Bonchev–Trinajstić information content (AvgIpc) is 2.89. The van der Waals surface area contributed by atoms with Crippen LogP contribution in [0.5, 0.6) is 17.2 Å². The molecule has 0 heterocycles. The van der Waals surface area contributed by atoms with Crippen molar-refractivity contribution < 1.29 is 37.7 Å². The van der Waals surface area contributed by atoms with E-state index in [0.717, 1.165) is 12.8 Å². The SMILES string of the molecule is CCOc1cc(C(C)N(CCCCc2ccccc2)C(=O)NC2(C(=O)O)CC(F)(F)C2)cc(OCC)c1OCC. The van der Waals surface area contributed by atoms with Gasteiger partial charge in [0, 0.05) is 19.4 Å². The van der Waals surface area contributed by atoms with E-state index in [2.05, 4.69) is 5.32 Å². The number of carbonyl (C=O) groups is 2. The number of carboxylic acid groups (broad SMARTS) is 1. The molecule has 10 heteroatoms. The van der Waals surface area contributed by atoms with E-state index in [0.29, 0.717) is 49.1 Å². The van der Waals surface area contributed by atoms with Gasteiger partial charge in [0.2, 0.25) is 5.75 Å². The predicted molar refractivity (Wildman–Crippen MR) is 148 cm³/mol. The number of nitrogens with zero attached hydrogens (tertiary/aromatic N) is 1. The first kappa shape index (κ1) is 31.0. The van der Waals surface area contributed by atoms with E-state index in [1.807, 2.05) is 51.1 Å². The zero-order chi connectivity index (χ0) is 29.3. The summed E-state index contributed by atoms with van der Waals surface area (Å²) in [6.07, 6.45) is 0.325. The molecule has 2 N–H and O–H groups in total. The lowest BCUT2D eigenvalue weighted by molar-refractivity contribution is -0.175. The number of alkyl halides is 2. The lowest BCUT2D eigenvalue weighted by atomic mass is 9.73. The third-order valence-corrected chi connectivity index (χ3v) is 6.98. The summed E-state index contributed by atoms with van der Waals surface area (Å²) in [6.45, 7) is 8.79. The summed E-state index contributed by atoms with van der Waals surface area (Å²) in [7, 11) is 0. The monoisotopic (exact) mass is 562 g/mol. The predicted octanol–water partition coefficient (Wildman–Crippen LogP) is 6.23. The Morgan fingerprint density at radius 1 is 0.975 bits per heavy atom. The number of nitrogens with one attached hydrogen (secondary N) is 1. The minimum absolute atomic E-state index is 0.285. The highest BCUT2D eigenvalue weighted by molar-refractivity contribution is 5.88. The summed E-state index contributed by atoms with van der Waals surface area (Å²) >= 11 is 0. The summed E-state index contributed by atoms with van der Waals surface area (Å²) in [5, 5.41) is 12.1. The lowest BCUT2D eigenvalue weighted by Gasteiger charge is -2.45. The van der Waals surface area contributed by atoms with Gasteiger partial charge in [-0.15, -0.1) is 0 Å². The molecule has 220 valence electrons. The van der Waals surface area contributed by atoms with Crippen molar-refractivity contribution in [2.24, 2.45) is 0 Å². The molecule has 2 amide bonds. The van der Waals surface area contributed by atoms with Crippen LogP contribution in [0.4, 0.5) is 13.6 Å². The van der Waals surface area contributed by atoms with Gasteiger partial charge in [-0.05, 0) is 70.2 Å². The van der Waals surface area contributed by atoms with Crippen molar-refractivity contribution in [2.75, 3.05) is 26.4 Å². The van der Waals surface area contributed by atoms with Crippen LogP contribution < -0.4 is 19.5 Å². The summed E-state index contributed by atoms with van der Waals surface area (Å²) in [6, 6.07) is 12.2. The second-order valence-corrected chi connectivity index (χ2v) is 9.98. The van der Waals surface area contributed by atoms with Crippen molar-refractivity contribution in [1.29, 1.82) is 0 Å². The molecule has 2 aromatic rings. The Balaban J connectivity index is 1.89. The van der Waals surface area contributed by atoms with Crippen LogP contribution >= 0.6 is 0 Å². The smallest absolute Gasteiger partial charge is 0.329 e. The normalized spacial score (nSPS) is 15.8. The van der Waals surface area contributed by atoms with E-state index in [9.17, 15) is 23.5 Å². The Bertz CT molecular complexity index is 1110. The average molecular weight is 563 g/mol. The van der Waals surface area contributed by atoms with Crippen LogP contribution in [0.3, 0.4) is 0 Å². The number of benzene rings is 2. The molecule has 0 spiro atoms. The van der Waals surface area contributed by atoms with Crippen molar-refractivity contribution in [3.63, 3.8) is 0 Å². The molecule has 1 saturated carbocycles. The number of urea groups is 1. The van der Waals surface area contributed by atoms with Crippen molar-refractivity contribution in [3.05, 3.63) is 53.6 Å². The molecule has 0 radical (unpaired) electrons. The number of unbranched alkanes of at least 4 members (excludes halogenated alkanes) is 1. The number of carbonyl (C=O) groups excluding carboxylic acids is 1. The molecule has 0 bridgehead atoms. The van der Waals surface area contributed by atoms with Crippen LogP contribution in [-0.4, -0.2) is 59.8 Å². The van der Waals surface area contributed by atoms with Gasteiger partial charge in [-0.2, -0.15) is 0 Å². The van der Waals surface area contributed by atoms with Gasteiger partial charge in [-0.1, -0.05) is 30.3 Å². The Labute approximate surface area is 234 Å². The van der Waals surface area contributed by atoms with Crippen molar-refractivity contribution >= 4 is 12.0 Å². The second kappa shape index (κ2) is 13.7. The van der Waals surface area contributed by atoms with E-state index < -0.39 is 42.3 Å². The maximum Gasteiger partial charge on any atom is 0.329 e. The molecular weight excluding hydrogens is 522 g/mol. The van der Waals surface area contributed by atoms with E-state index >= 15 is 0 Å². The summed E-state index contributed by atoms with van der Waals surface area (Å²) in [5.41, 5.74) is -0.159. The van der Waals surface area contributed by atoms with Crippen LogP contribution in [-0.2, 0) is 11.2 Å². The second-order valence-electron chi connectivity index (χ2n) is 9.98. The molecule has 1 unspecified atom stereocenters. The third-order valence-electron chi connectivity index (χ3n) is 6.98. The zero-order valence-electron chi connectivity index (χ0n) is 23.7. The van der Waals surface area contributed by atoms with Gasteiger partial charge < -0.3 is 29.5 Å².